The Morgan fingerprint density at radius 3 is 0.353 bits per heavy atom. The number of hydrogen-bond donors (Lipinski definition) is 0. The summed E-state index contributed by atoms with van der Waals surface area (Å²) in [5, 5.41) is 15.0. The molecule has 0 aliphatic rings. The zero-order valence-corrected chi connectivity index (χ0v) is 72.8. The highest BCUT2D eigenvalue weighted by molar-refractivity contribution is 6.17. The Kier molecular flexibility index (Phi) is 16.2. The molecule has 6 heterocycles. The molecule has 116 heavy (non-hydrogen) atoms. The fraction of sp³-hybridized carbons (Fsp3) is 0.291. The SMILES string of the molecule is CC(C)(C)c1ccc2c(c1)c1cc(C(C)(C)C)ccc1n2-c1ccc2c(c1)c1cc(-n3c4ccc(C(C)(C)C)cc4c4cc(C(C)(C)C)ccc43)ccc1n2-c1ccc(-n2c3ccc(-n4c5ccc(C(C)(C)C)cc5c5cc(C(C)(C)C)ccc54)cc3c3cc(-n4c5ccc(C(C)(C)C)cc5c5cc(C(C)(C)C)ccc54)ccc32)cc1. The minimum Gasteiger partial charge on any atom is -0.309 e. The zero-order chi connectivity index (χ0) is 81.7. The second kappa shape index (κ2) is 25.1. The molecule has 0 aliphatic heterocycles. The third kappa shape index (κ3) is 11.9. The van der Waals surface area contributed by atoms with E-state index in [9.17, 15) is 0 Å². The van der Waals surface area contributed by atoms with Gasteiger partial charge < -0.3 is 27.4 Å². The van der Waals surface area contributed by atoms with Gasteiger partial charge in [0.15, 0.2) is 0 Å². The van der Waals surface area contributed by atoms with Crippen LogP contribution in [0.3, 0.4) is 0 Å². The highest BCUT2D eigenvalue weighted by atomic mass is 15.0. The van der Waals surface area contributed by atoms with E-state index in [1.165, 1.54) is 153 Å². The van der Waals surface area contributed by atoms with Gasteiger partial charge in [-0.25, -0.2) is 0 Å². The van der Waals surface area contributed by atoms with E-state index in [-0.39, 0.29) is 43.3 Å². The first-order chi connectivity index (χ1) is 54.5. The molecule has 0 unspecified atom stereocenters. The predicted octanol–water partition coefficient (Wildman–Crippen LogP) is 30.6. The van der Waals surface area contributed by atoms with Crippen LogP contribution < -0.4 is 0 Å². The zero-order valence-electron chi connectivity index (χ0n) is 72.8. The Labute approximate surface area is 684 Å². The van der Waals surface area contributed by atoms with Crippen molar-refractivity contribution in [1.82, 2.24) is 27.4 Å². The molecular formula is C110H112N6. The summed E-state index contributed by atoms with van der Waals surface area (Å²) in [6, 6.07) is 95.9. The first kappa shape index (κ1) is 74.7. The third-order valence-electron chi connectivity index (χ3n) is 25.9. The van der Waals surface area contributed by atoms with Gasteiger partial charge in [-0.1, -0.05) is 215 Å². The van der Waals surface area contributed by atoms with Crippen LogP contribution in [0.15, 0.2) is 243 Å². The molecule has 0 bridgehead atoms. The molecule has 0 amide bonds. The van der Waals surface area contributed by atoms with Gasteiger partial charge in [0.25, 0.3) is 0 Å². The van der Waals surface area contributed by atoms with Gasteiger partial charge in [0.1, 0.15) is 0 Å². The first-order valence-corrected chi connectivity index (χ1v) is 42.2. The summed E-state index contributed by atoms with van der Waals surface area (Å²) in [4.78, 5) is 0. The highest BCUT2D eigenvalue weighted by Gasteiger charge is 2.30. The Morgan fingerprint density at radius 1 is 0.121 bits per heavy atom. The second-order valence-electron chi connectivity index (χ2n) is 42.2. The van der Waals surface area contributed by atoms with Gasteiger partial charge in [0.05, 0.1) is 66.2 Å². The van der Waals surface area contributed by atoms with Crippen molar-refractivity contribution in [2.24, 2.45) is 0 Å². The van der Waals surface area contributed by atoms with E-state index in [4.69, 9.17) is 0 Å². The molecule has 13 aromatic carbocycles. The van der Waals surface area contributed by atoms with Crippen LogP contribution in [0.25, 0.3) is 165 Å². The summed E-state index contributed by atoms with van der Waals surface area (Å²) in [6.45, 7) is 55.9. The number of rotatable bonds is 6. The molecule has 0 saturated carbocycles. The fourth-order valence-corrected chi connectivity index (χ4v) is 18.8. The van der Waals surface area contributed by atoms with Gasteiger partial charge >= 0.3 is 0 Å². The lowest BCUT2D eigenvalue weighted by Crippen LogP contribution is -2.10. The first-order valence-electron chi connectivity index (χ1n) is 42.2. The molecule has 0 aliphatic carbocycles. The molecule has 0 fully saturated rings. The van der Waals surface area contributed by atoms with Crippen LogP contribution in [0, 0.1) is 0 Å². The summed E-state index contributed by atoms with van der Waals surface area (Å²) in [6.07, 6.45) is 0. The van der Waals surface area contributed by atoms with Crippen LogP contribution in [0.2, 0.25) is 0 Å². The third-order valence-corrected chi connectivity index (χ3v) is 25.9. The lowest BCUT2D eigenvalue weighted by atomic mass is 9.85. The molecule has 0 atom stereocenters. The summed E-state index contributed by atoms with van der Waals surface area (Å²) in [7, 11) is 0. The molecule has 0 radical (unpaired) electrons. The van der Waals surface area contributed by atoms with Gasteiger partial charge in [-0.2, -0.15) is 0 Å². The van der Waals surface area contributed by atoms with E-state index >= 15 is 0 Å². The number of fused-ring (bicyclic) bond motifs is 18. The van der Waals surface area contributed by atoms with E-state index in [0.29, 0.717) is 0 Å². The van der Waals surface area contributed by atoms with Crippen molar-refractivity contribution >= 4 is 131 Å². The summed E-state index contributed by atoms with van der Waals surface area (Å²) < 4.78 is 15.1. The van der Waals surface area contributed by atoms with E-state index in [2.05, 4.69) is 436 Å². The monoisotopic (exact) mass is 1520 g/mol. The number of hydrogen-bond acceptors (Lipinski definition) is 0. The lowest BCUT2D eigenvalue weighted by Gasteiger charge is -2.19. The van der Waals surface area contributed by atoms with Crippen molar-refractivity contribution in [3.8, 4) is 34.1 Å². The average Bonchev–Trinajstić information content (AvgIpc) is 1.57. The minimum absolute atomic E-state index is 0.0211. The maximum atomic E-state index is 2.52. The maximum absolute atomic E-state index is 2.52. The van der Waals surface area contributed by atoms with Crippen molar-refractivity contribution < 1.29 is 0 Å². The lowest BCUT2D eigenvalue weighted by molar-refractivity contribution is 0.590. The quantitative estimate of drug-likeness (QED) is 0.159. The molecule has 582 valence electrons. The van der Waals surface area contributed by atoms with Crippen molar-refractivity contribution in [2.75, 3.05) is 0 Å². The summed E-state index contributed by atoms with van der Waals surface area (Å²) in [5.74, 6) is 0. The van der Waals surface area contributed by atoms with Crippen molar-refractivity contribution in [3.05, 3.63) is 287 Å². The van der Waals surface area contributed by atoms with Crippen LogP contribution in [-0.2, 0) is 43.3 Å². The Hall–Kier alpha value is -11.3. The van der Waals surface area contributed by atoms with Crippen LogP contribution in [0.5, 0.6) is 0 Å². The molecule has 0 spiro atoms. The summed E-state index contributed by atoms with van der Waals surface area (Å²) >= 11 is 0. The Bertz CT molecular complexity index is 6220. The van der Waals surface area contributed by atoms with E-state index in [0.717, 1.165) is 56.2 Å². The number of aromatic nitrogens is 6. The van der Waals surface area contributed by atoms with Gasteiger partial charge in [0.2, 0.25) is 0 Å². The molecule has 0 N–H and O–H groups in total. The summed E-state index contributed by atoms with van der Waals surface area (Å²) in [5.41, 5.74) is 31.4. The van der Waals surface area contributed by atoms with Crippen molar-refractivity contribution in [2.45, 2.75) is 209 Å². The Balaban J connectivity index is 0.836. The smallest absolute Gasteiger partial charge is 0.0542 e. The maximum Gasteiger partial charge on any atom is 0.0542 e. The number of benzene rings is 13. The topological polar surface area (TPSA) is 29.6 Å². The van der Waals surface area contributed by atoms with E-state index in [1.54, 1.807) is 0 Å². The average molecular weight is 1520 g/mol. The number of nitrogens with zero attached hydrogens (tertiary/aromatic N) is 6. The molecule has 0 saturated heterocycles. The van der Waals surface area contributed by atoms with Crippen LogP contribution in [0.4, 0.5) is 0 Å². The van der Waals surface area contributed by atoms with Crippen molar-refractivity contribution in [1.29, 1.82) is 0 Å². The molecule has 19 aromatic rings. The van der Waals surface area contributed by atoms with E-state index < -0.39 is 0 Å². The Morgan fingerprint density at radius 2 is 0.224 bits per heavy atom. The largest absolute Gasteiger partial charge is 0.309 e. The molecule has 6 heteroatoms. The van der Waals surface area contributed by atoms with Gasteiger partial charge in [-0.15, -0.1) is 0 Å². The van der Waals surface area contributed by atoms with Crippen LogP contribution in [-0.4, -0.2) is 27.4 Å². The second-order valence-corrected chi connectivity index (χ2v) is 42.2. The minimum atomic E-state index is -0.0211. The van der Waals surface area contributed by atoms with Crippen molar-refractivity contribution in [3.63, 3.8) is 0 Å². The molecular weight excluding hydrogens is 1410 g/mol. The van der Waals surface area contributed by atoms with Gasteiger partial charge in [-0.05, 0) is 282 Å². The molecule has 19 rings (SSSR count). The normalized spacial score (nSPS) is 13.5. The highest BCUT2D eigenvalue weighted by Crippen LogP contribution is 2.48. The molecule has 6 nitrogen and oxygen atoms in total. The standard InChI is InChI=1S/C110H112N6/c1-103(2,3)65-25-41-91-79(53-65)80-54-66(104(4,5)6)26-42-92(80)113(91)75-37-49-99-87(61-75)88-62-76(114-93-43-27-67(105(7,8)9)55-81(93)82-56-68(106(10,11)12)28-44-94(82)114)38-50-100(88)111(99)73-33-35-74(36-34-73)112-101-51-39-77(115-95-45-29-69(107(13,14)15)57-83(95)84-58-70(108(16,17)18)30-46-96(84)115)63-89(101)90-64-78(40-52-102(90)112)116-97-47-31-71(109(19,20)21)59-85(97)86-60-72(110(22,23)24)32-48-98(86)116/h25-64H,1-24H3. The molecule has 6 aromatic heterocycles. The van der Waals surface area contributed by atoms with Crippen LogP contribution >= 0.6 is 0 Å². The van der Waals surface area contributed by atoms with Gasteiger partial charge in [-0.3, -0.25) is 0 Å². The predicted molar refractivity (Wildman–Crippen MR) is 502 cm³/mol. The fourth-order valence-electron chi connectivity index (χ4n) is 18.8. The van der Waals surface area contributed by atoms with E-state index in [1.807, 2.05) is 0 Å². The van der Waals surface area contributed by atoms with Crippen LogP contribution in [0.1, 0.15) is 211 Å². The van der Waals surface area contributed by atoms with Gasteiger partial charge in [0, 0.05) is 98.8 Å².